The van der Waals surface area contributed by atoms with Gasteiger partial charge in [-0.05, 0) is 6.92 Å². The average Bonchev–Trinajstić information content (AvgIpc) is 1.90. The zero-order chi connectivity index (χ0) is 7.98. The van der Waals surface area contributed by atoms with Gasteiger partial charge in [-0.2, -0.15) is 4.72 Å². The largest absolute Gasteiger partial charge is 0.246 e. The highest BCUT2D eigenvalue weighted by Gasteiger charge is 1.96. The Labute approximate surface area is 60.2 Å². The third-order valence-electron chi connectivity index (χ3n) is 0.863. The summed E-state index contributed by atoms with van der Waals surface area (Å²) < 4.78 is 21.8. The molecule has 0 radical (unpaired) electrons. The zero-order valence-electron chi connectivity index (χ0n) is 5.48. The fourth-order valence-electron chi connectivity index (χ4n) is 0.338. The van der Waals surface area contributed by atoms with Crippen LogP contribution in [0.25, 0.3) is 0 Å². The topological polar surface area (TPSA) is 78.8 Å². The SMILES string of the molecule is CCN(CN[SH](=O)=O)N=O. The first-order chi connectivity index (χ1) is 4.70. The summed E-state index contributed by atoms with van der Waals surface area (Å²) in [5.74, 6) is 0. The Hall–Kier alpha value is -0.690. The van der Waals surface area contributed by atoms with Gasteiger partial charge in [0.15, 0.2) is 0 Å². The van der Waals surface area contributed by atoms with Gasteiger partial charge in [0.2, 0.25) is 10.9 Å². The van der Waals surface area contributed by atoms with E-state index < -0.39 is 10.9 Å². The molecule has 0 saturated carbocycles. The number of rotatable bonds is 5. The van der Waals surface area contributed by atoms with E-state index in [4.69, 9.17) is 0 Å². The minimum Gasteiger partial charge on any atom is -0.246 e. The monoisotopic (exact) mass is 167 g/mol. The first-order valence-corrected chi connectivity index (χ1v) is 3.84. The van der Waals surface area contributed by atoms with Gasteiger partial charge in [0.25, 0.3) is 0 Å². The van der Waals surface area contributed by atoms with Gasteiger partial charge in [-0.25, -0.2) is 13.4 Å². The van der Waals surface area contributed by atoms with E-state index >= 15 is 0 Å². The van der Waals surface area contributed by atoms with Crippen LogP contribution in [0.3, 0.4) is 0 Å². The van der Waals surface area contributed by atoms with Gasteiger partial charge >= 0.3 is 0 Å². The van der Waals surface area contributed by atoms with E-state index in [1.165, 1.54) is 0 Å². The maximum absolute atomic E-state index is 9.89. The second-order valence-electron chi connectivity index (χ2n) is 1.48. The normalized spacial score (nSPS) is 9.80. The van der Waals surface area contributed by atoms with Crippen molar-refractivity contribution >= 4 is 10.9 Å². The molecular weight excluding hydrogens is 158 g/mol. The van der Waals surface area contributed by atoms with Crippen molar-refractivity contribution in [3.8, 4) is 0 Å². The molecule has 0 aliphatic heterocycles. The zero-order valence-corrected chi connectivity index (χ0v) is 6.38. The highest BCUT2D eigenvalue weighted by molar-refractivity contribution is 7.70. The maximum atomic E-state index is 9.89. The molecule has 7 heteroatoms. The van der Waals surface area contributed by atoms with Gasteiger partial charge in [0, 0.05) is 6.54 Å². The third-order valence-corrected chi connectivity index (χ3v) is 1.26. The van der Waals surface area contributed by atoms with Crippen molar-refractivity contribution in [2.75, 3.05) is 13.2 Å². The predicted octanol–water partition coefficient (Wildman–Crippen LogP) is -0.937. The third kappa shape index (κ3) is 4.21. The number of hydrogen-bond donors (Lipinski definition) is 2. The molecule has 0 aromatic carbocycles. The van der Waals surface area contributed by atoms with Crippen molar-refractivity contribution in [3.63, 3.8) is 0 Å². The van der Waals surface area contributed by atoms with E-state index in [-0.39, 0.29) is 6.67 Å². The summed E-state index contributed by atoms with van der Waals surface area (Å²) >= 11 is 0. The molecule has 0 aromatic heterocycles. The summed E-state index contributed by atoms with van der Waals surface area (Å²) in [5, 5.41) is 3.58. The van der Waals surface area contributed by atoms with Crippen LogP contribution in [0.2, 0.25) is 0 Å². The molecule has 0 aliphatic rings. The Kier molecular flexibility index (Phi) is 4.77. The highest BCUT2D eigenvalue weighted by Crippen LogP contribution is 1.82. The Morgan fingerprint density at radius 2 is 2.20 bits per heavy atom. The van der Waals surface area contributed by atoms with Crippen LogP contribution in [0, 0.1) is 4.91 Å². The van der Waals surface area contributed by atoms with E-state index in [1.54, 1.807) is 6.92 Å². The number of hydrogen-bond acceptors (Lipinski definition) is 4. The lowest BCUT2D eigenvalue weighted by atomic mass is 10.7. The smallest absolute Gasteiger partial charge is 0.202 e. The van der Waals surface area contributed by atoms with Crippen LogP contribution < -0.4 is 4.72 Å². The average molecular weight is 167 g/mol. The molecule has 0 aliphatic carbocycles. The molecule has 1 N–H and O–H groups in total. The predicted molar refractivity (Wildman–Crippen MR) is 36.5 cm³/mol. The maximum Gasteiger partial charge on any atom is 0.202 e. The summed E-state index contributed by atoms with van der Waals surface area (Å²) in [6.07, 6.45) is 0. The lowest BCUT2D eigenvalue weighted by Crippen LogP contribution is -2.28. The molecule has 60 valence electrons. The van der Waals surface area contributed by atoms with Crippen molar-refractivity contribution in [1.29, 1.82) is 0 Å². The summed E-state index contributed by atoms with van der Waals surface area (Å²) in [6, 6.07) is 0. The van der Waals surface area contributed by atoms with Gasteiger partial charge in [-0.3, -0.25) is 0 Å². The minimum absolute atomic E-state index is 0.0568. The van der Waals surface area contributed by atoms with Crippen LogP contribution in [-0.4, -0.2) is 26.6 Å². The number of thiol groups is 1. The van der Waals surface area contributed by atoms with Crippen molar-refractivity contribution < 1.29 is 8.42 Å². The first-order valence-electron chi connectivity index (χ1n) is 2.66. The van der Waals surface area contributed by atoms with Crippen LogP contribution in [-0.2, 0) is 10.9 Å². The molecule has 0 heterocycles. The van der Waals surface area contributed by atoms with Crippen molar-refractivity contribution in [1.82, 2.24) is 9.73 Å². The Morgan fingerprint density at radius 3 is 2.50 bits per heavy atom. The molecule has 0 spiro atoms. The van der Waals surface area contributed by atoms with Crippen LogP contribution in [0.15, 0.2) is 5.29 Å². The summed E-state index contributed by atoms with van der Waals surface area (Å²) in [4.78, 5) is 9.79. The summed E-state index contributed by atoms with van der Waals surface area (Å²) in [6.45, 7) is 2.03. The molecule has 0 amide bonds. The fourth-order valence-corrected chi connectivity index (χ4v) is 0.616. The molecular formula is C3H9N3O3S. The lowest BCUT2D eigenvalue weighted by Gasteiger charge is -2.09. The van der Waals surface area contributed by atoms with Gasteiger partial charge < -0.3 is 0 Å². The lowest BCUT2D eigenvalue weighted by molar-refractivity contribution is 0.296. The molecule has 0 rings (SSSR count). The first kappa shape index (κ1) is 9.31. The van der Waals surface area contributed by atoms with Gasteiger partial charge in [-0.1, -0.05) is 0 Å². The molecule has 10 heavy (non-hydrogen) atoms. The van der Waals surface area contributed by atoms with Crippen LogP contribution >= 0.6 is 0 Å². The Balaban J connectivity index is 3.54. The standard InChI is InChI=1S/C3H9N3O3S/c1-2-6(5-7)3-4-10(8)9/h10H,2-3H2,1H3,(H,4,8,9). The molecule has 0 atom stereocenters. The van der Waals surface area contributed by atoms with Crippen molar-refractivity contribution in [3.05, 3.63) is 4.91 Å². The van der Waals surface area contributed by atoms with E-state index in [0.29, 0.717) is 6.54 Å². The molecule has 0 bridgehead atoms. The summed E-state index contributed by atoms with van der Waals surface area (Å²) in [5.41, 5.74) is 0. The van der Waals surface area contributed by atoms with E-state index in [1.807, 2.05) is 4.72 Å². The molecule has 0 unspecified atom stereocenters. The van der Waals surface area contributed by atoms with E-state index in [9.17, 15) is 13.3 Å². The van der Waals surface area contributed by atoms with Gasteiger partial charge in [0.1, 0.15) is 6.67 Å². The molecule has 0 aromatic rings. The number of nitroso groups, excluding NO2 is 1. The van der Waals surface area contributed by atoms with E-state index in [0.717, 1.165) is 5.01 Å². The molecule has 6 nitrogen and oxygen atoms in total. The van der Waals surface area contributed by atoms with Gasteiger partial charge in [0.05, 0.1) is 5.29 Å². The highest BCUT2D eigenvalue weighted by atomic mass is 32.2. The quantitative estimate of drug-likeness (QED) is 0.240. The van der Waals surface area contributed by atoms with Crippen LogP contribution in [0.4, 0.5) is 0 Å². The minimum atomic E-state index is -2.63. The van der Waals surface area contributed by atoms with Crippen LogP contribution in [0.5, 0.6) is 0 Å². The Bertz CT molecular complexity index is 160. The Morgan fingerprint density at radius 1 is 1.60 bits per heavy atom. The second kappa shape index (κ2) is 5.12. The van der Waals surface area contributed by atoms with E-state index in [2.05, 4.69) is 5.29 Å². The van der Waals surface area contributed by atoms with Crippen LogP contribution in [0.1, 0.15) is 6.92 Å². The fraction of sp³-hybridized carbons (Fsp3) is 1.00. The molecule has 0 fully saturated rings. The molecule has 0 saturated heterocycles. The van der Waals surface area contributed by atoms with Crippen molar-refractivity contribution in [2.45, 2.75) is 6.92 Å². The van der Waals surface area contributed by atoms with Gasteiger partial charge in [-0.15, -0.1) is 4.91 Å². The number of nitrogens with zero attached hydrogens (tertiary/aromatic N) is 2. The van der Waals surface area contributed by atoms with Crippen molar-refractivity contribution in [2.24, 2.45) is 5.29 Å². The number of nitrogens with one attached hydrogen (secondary N) is 1. The second-order valence-corrected chi connectivity index (χ2v) is 2.31. The summed E-state index contributed by atoms with van der Waals surface area (Å²) in [7, 11) is -2.63.